The number of hydrogen-bond acceptors (Lipinski definition) is 4. The topological polar surface area (TPSA) is 41.6 Å². The fourth-order valence-electron chi connectivity index (χ4n) is 2.67. The predicted molar refractivity (Wildman–Crippen MR) is 100 cm³/mol. The molecule has 23 heavy (non-hydrogen) atoms. The second-order valence-electron chi connectivity index (χ2n) is 5.87. The van der Waals surface area contributed by atoms with Crippen LogP contribution in [-0.4, -0.2) is 17.9 Å². The first-order valence-electron chi connectivity index (χ1n) is 7.12. The van der Waals surface area contributed by atoms with Crippen LogP contribution in [0.3, 0.4) is 0 Å². The molecule has 1 atom stereocenters. The highest BCUT2D eigenvalue weighted by atomic mass is 35.5. The van der Waals surface area contributed by atoms with Gasteiger partial charge in [-0.25, -0.2) is 4.99 Å². The Bertz CT molecular complexity index is 792. The molecule has 3 rings (SSSR count). The smallest absolute Gasteiger partial charge is 0.196 e. The normalized spacial score (nSPS) is 21.5. The van der Waals surface area contributed by atoms with E-state index in [9.17, 15) is 0 Å². The summed E-state index contributed by atoms with van der Waals surface area (Å²) in [5.41, 5.74) is 7.60. The van der Waals surface area contributed by atoms with Crippen molar-refractivity contribution >= 4 is 40.5 Å². The van der Waals surface area contributed by atoms with Gasteiger partial charge >= 0.3 is 0 Å². The minimum Gasteiger partial charge on any atom is -0.370 e. The van der Waals surface area contributed by atoms with Gasteiger partial charge in [0, 0.05) is 39.0 Å². The molecule has 0 radical (unpaired) electrons. The molecule has 0 fully saturated rings. The number of nitrogens with zero attached hydrogens (tertiary/aromatic N) is 2. The fraction of sp³-hybridized carbons (Fsp3) is 0.235. The highest BCUT2D eigenvalue weighted by Gasteiger charge is 2.34. The fourth-order valence-corrected chi connectivity index (χ4v) is 4.27. The van der Waals surface area contributed by atoms with Crippen LogP contribution in [0.1, 0.15) is 18.2 Å². The van der Waals surface area contributed by atoms with Crippen molar-refractivity contribution in [2.75, 3.05) is 7.05 Å². The van der Waals surface area contributed by atoms with Crippen molar-refractivity contribution in [2.24, 2.45) is 10.7 Å². The standard InChI is InChI=1S/C17H17Cl2N3S/c1-10-9-17(2,21-16(20)22(10)3)15-5-4-14(23-15)11-6-12(18)8-13(19)7-11/h4-8H,1,9H2,2-3H3,(H2,20,21)/t17-/m0/s1. The number of benzene rings is 1. The van der Waals surface area contributed by atoms with Gasteiger partial charge in [-0.3, -0.25) is 0 Å². The number of nitrogens with two attached hydrogens (primary N) is 1. The second-order valence-corrected chi connectivity index (χ2v) is 7.82. The summed E-state index contributed by atoms with van der Waals surface area (Å²) in [6.07, 6.45) is 0.737. The molecule has 0 bridgehead atoms. The van der Waals surface area contributed by atoms with E-state index in [4.69, 9.17) is 28.9 Å². The molecule has 1 aromatic carbocycles. The van der Waals surface area contributed by atoms with Gasteiger partial charge < -0.3 is 10.6 Å². The average molecular weight is 366 g/mol. The third-order valence-electron chi connectivity index (χ3n) is 4.01. The molecule has 0 unspecified atom stereocenters. The van der Waals surface area contributed by atoms with E-state index in [1.54, 1.807) is 17.4 Å². The number of guanidine groups is 1. The molecule has 1 aliphatic heterocycles. The van der Waals surface area contributed by atoms with Crippen LogP contribution in [0.2, 0.25) is 10.0 Å². The maximum atomic E-state index is 6.10. The second kappa shape index (κ2) is 5.86. The zero-order chi connectivity index (χ0) is 16.8. The third-order valence-corrected chi connectivity index (χ3v) is 5.84. The summed E-state index contributed by atoms with van der Waals surface area (Å²) in [7, 11) is 1.88. The van der Waals surface area contributed by atoms with Gasteiger partial charge in [0.25, 0.3) is 0 Å². The Morgan fingerprint density at radius 3 is 2.52 bits per heavy atom. The highest BCUT2D eigenvalue weighted by molar-refractivity contribution is 7.15. The van der Waals surface area contributed by atoms with Crippen molar-refractivity contribution in [1.29, 1.82) is 0 Å². The van der Waals surface area contributed by atoms with Crippen LogP contribution < -0.4 is 5.73 Å². The minimum atomic E-state index is -0.390. The summed E-state index contributed by atoms with van der Waals surface area (Å²) in [5.74, 6) is 0.490. The molecule has 120 valence electrons. The molecule has 0 saturated heterocycles. The van der Waals surface area contributed by atoms with Gasteiger partial charge in [0.15, 0.2) is 5.96 Å². The van der Waals surface area contributed by atoms with Crippen molar-refractivity contribution in [3.63, 3.8) is 0 Å². The van der Waals surface area contributed by atoms with Crippen molar-refractivity contribution in [2.45, 2.75) is 18.9 Å². The van der Waals surface area contributed by atoms with Gasteiger partial charge in [-0.05, 0) is 42.8 Å². The lowest BCUT2D eigenvalue weighted by Crippen LogP contribution is -2.42. The summed E-state index contributed by atoms with van der Waals surface area (Å²) >= 11 is 13.9. The maximum absolute atomic E-state index is 6.10. The van der Waals surface area contributed by atoms with Crippen molar-refractivity contribution in [1.82, 2.24) is 4.90 Å². The summed E-state index contributed by atoms with van der Waals surface area (Å²) in [4.78, 5) is 8.74. The Morgan fingerprint density at radius 2 is 1.91 bits per heavy atom. The number of rotatable bonds is 2. The van der Waals surface area contributed by atoms with Gasteiger partial charge in [-0.1, -0.05) is 29.8 Å². The van der Waals surface area contributed by atoms with Gasteiger partial charge in [0.05, 0.1) is 0 Å². The molecular weight excluding hydrogens is 349 g/mol. The van der Waals surface area contributed by atoms with E-state index in [-0.39, 0.29) is 5.54 Å². The molecule has 3 nitrogen and oxygen atoms in total. The van der Waals surface area contributed by atoms with E-state index in [0.29, 0.717) is 16.0 Å². The van der Waals surface area contributed by atoms with E-state index in [0.717, 1.165) is 27.4 Å². The number of thiophene rings is 1. The molecule has 6 heteroatoms. The van der Waals surface area contributed by atoms with Gasteiger partial charge in [-0.15, -0.1) is 11.3 Å². The Balaban J connectivity index is 2.00. The minimum absolute atomic E-state index is 0.390. The molecule has 1 aliphatic rings. The Labute approximate surface area is 150 Å². The van der Waals surface area contributed by atoms with E-state index >= 15 is 0 Å². The SMILES string of the molecule is C=C1C[C@@](C)(c2ccc(-c3cc(Cl)cc(Cl)c3)s2)N=C(N)N1C. The van der Waals surface area contributed by atoms with Crippen molar-refractivity contribution < 1.29 is 0 Å². The predicted octanol–water partition coefficient (Wildman–Crippen LogP) is 5.10. The molecule has 0 amide bonds. The van der Waals surface area contributed by atoms with Gasteiger partial charge in [-0.2, -0.15) is 0 Å². The zero-order valence-corrected chi connectivity index (χ0v) is 15.3. The summed E-state index contributed by atoms with van der Waals surface area (Å²) in [5, 5.41) is 1.26. The molecule has 2 aromatic rings. The van der Waals surface area contributed by atoms with Crippen LogP contribution in [0.25, 0.3) is 10.4 Å². The van der Waals surface area contributed by atoms with E-state index in [1.807, 2.05) is 24.1 Å². The molecule has 0 saturated carbocycles. The average Bonchev–Trinajstić information content (AvgIpc) is 2.94. The van der Waals surface area contributed by atoms with Crippen LogP contribution in [0, 0.1) is 0 Å². The first-order chi connectivity index (χ1) is 10.8. The van der Waals surface area contributed by atoms with Crippen molar-refractivity contribution in [3.8, 4) is 10.4 Å². The summed E-state index contributed by atoms with van der Waals surface area (Å²) in [6, 6.07) is 9.71. The maximum Gasteiger partial charge on any atom is 0.196 e. The Hall–Kier alpha value is -1.49. The van der Waals surface area contributed by atoms with E-state index in [2.05, 4.69) is 30.6 Å². The van der Waals surface area contributed by atoms with E-state index in [1.165, 1.54) is 0 Å². The Morgan fingerprint density at radius 1 is 1.26 bits per heavy atom. The highest BCUT2D eigenvalue weighted by Crippen LogP contribution is 2.42. The van der Waals surface area contributed by atoms with E-state index < -0.39 is 0 Å². The Kier molecular flexibility index (Phi) is 4.17. The first kappa shape index (κ1) is 16.4. The molecular formula is C17H17Cl2N3S. The van der Waals surface area contributed by atoms with Gasteiger partial charge in [0.2, 0.25) is 0 Å². The number of hydrogen-bond donors (Lipinski definition) is 1. The summed E-state index contributed by atoms with van der Waals surface area (Å²) < 4.78 is 0. The lowest BCUT2D eigenvalue weighted by molar-refractivity contribution is 0.406. The number of halogens is 2. The molecule has 0 aliphatic carbocycles. The quantitative estimate of drug-likeness (QED) is 0.803. The van der Waals surface area contributed by atoms with Gasteiger partial charge in [0.1, 0.15) is 5.54 Å². The first-order valence-corrected chi connectivity index (χ1v) is 8.69. The largest absolute Gasteiger partial charge is 0.370 e. The van der Waals surface area contributed by atoms with Crippen LogP contribution >= 0.6 is 34.5 Å². The van der Waals surface area contributed by atoms with Crippen LogP contribution in [0.15, 0.2) is 47.6 Å². The monoisotopic (exact) mass is 365 g/mol. The van der Waals surface area contributed by atoms with Crippen LogP contribution in [-0.2, 0) is 5.54 Å². The van der Waals surface area contributed by atoms with Crippen LogP contribution in [0.5, 0.6) is 0 Å². The third kappa shape index (κ3) is 3.11. The molecule has 2 heterocycles. The van der Waals surface area contributed by atoms with Crippen molar-refractivity contribution in [3.05, 3.63) is 57.5 Å². The summed E-state index contributed by atoms with van der Waals surface area (Å²) in [6.45, 7) is 6.17. The van der Waals surface area contributed by atoms with Crippen LogP contribution in [0.4, 0.5) is 0 Å². The lowest BCUT2D eigenvalue weighted by atomic mass is 9.93. The molecule has 1 aromatic heterocycles. The molecule has 2 N–H and O–H groups in total. The number of aliphatic imine (C=N–C) groups is 1. The zero-order valence-electron chi connectivity index (χ0n) is 12.9. The molecule has 0 spiro atoms. The lowest BCUT2D eigenvalue weighted by Gasteiger charge is -2.35.